The molecule has 0 bridgehead atoms. The van der Waals surface area contributed by atoms with E-state index in [1.807, 2.05) is 0 Å². The minimum atomic E-state index is -4.43. The Kier molecular flexibility index (Phi) is 4.58. The lowest BCUT2D eigenvalue weighted by Crippen LogP contribution is -2.40. The summed E-state index contributed by atoms with van der Waals surface area (Å²) in [7, 11) is 0. The minimum Gasteiger partial charge on any atom is -0.484 e. The van der Waals surface area contributed by atoms with Crippen molar-refractivity contribution >= 4 is 11.9 Å². The number of nitrogens with zero attached hydrogens (tertiary/aromatic N) is 1. The van der Waals surface area contributed by atoms with E-state index in [2.05, 4.69) is 4.74 Å². The van der Waals surface area contributed by atoms with Crippen molar-refractivity contribution in [2.75, 3.05) is 13.2 Å². The molecule has 0 unspecified atom stereocenters. The van der Waals surface area contributed by atoms with Gasteiger partial charge in [0.15, 0.2) is 6.61 Å². The zero-order valence-corrected chi connectivity index (χ0v) is 11.5. The molecular weight excluding hydrogens is 303 g/mol. The molecule has 1 amide bonds. The van der Waals surface area contributed by atoms with Crippen LogP contribution in [0.1, 0.15) is 23.2 Å². The number of benzene rings is 1. The van der Waals surface area contributed by atoms with Crippen molar-refractivity contribution in [2.24, 2.45) is 0 Å². The molecular formula is C14H14F3NO4. The van der Waals surface area contributed by atoms with Gasteiger partial charge in [-0.3, -0.25) is 4.79 Å². The number of ether oxygens (including phenoxy) is 1. The summed E-state index contributed by atoms with van der Waals surface area (Å²) in [6.07, 6.45) is -3.43. The van der Waals surface area contributed by atoms with E-state index in [-0.39, 0.29) is 11.3 Å². The third kappa shape index (κ3) is 3.90. The number of alkyl halides is 3. The molecule has 1 heterocycles. The molecule has 120 valence electrons. The van der Waals surface area contributed by atoms with Gasteiger partial charge < -0.3 is 14.7 Å². The smallest absolute Gasteiger partial charge is 0.422 e. The first-order valence-corrected chi connectivity index (χ1v) is 6.61. The van der Waals surface area contributed by atoms with Gasteiger partial charge in [0.1, 0.15) is 11.8 Å². The summed E-state index contributed by atoms with van der Waals surface area (Å²) < 4.78 is 40.6. The van der Waals surface area contributed by atoms with Crippen LogP contribution in [0.2, 0.25) is 0 Å². The Hall–Kier alpha value is -2.25. The lowest BCUT2D eigenvalue weighted by atomic mass is 10.1. The first kappa shape index (κ1) is 16.1. The monoisotopic (exact) mass is 317 g/mol. The van der Waals surface area contributed by atoms with Crippen molar-refractivity contribution in [3.63, 3.8) is 0 Å². The van der Waals surface area contributed by atoms with E-state index in [0.717, 1.165) is 0 Å². The van der Waals surface area contributed by atoms with Crippen molar-refractivity contribution in [1.29, 1.82) is 0 Å². The Balaban J connectivity index is 2.03. The van der Waals surface area contributed by atoms with Crippen LogP contribution in [0.5, 0.6) is 5.75 Å². The second-order valence-corrected chi connectivity index (χ2v) is 4.92. The molecule has 0 spiro atoms. The topological polar surface area (TPSA) is 66.8 Å². The highest BCUT2D eigenvalue weighted by molar-refractivity contribution is 5.97. The molecule has 1 fully saturated rings. The van der Waals surface area contributed by atoms with Gasteiger partial charge in [0.2, 0.25) is 0 Å². The van der Waals surface area contributed by atoms with Gasteiger partial charge in [-0.1, -0.05) is 0 Å². The van der Waals surface area contributed by atoms with E-state index in [1.165, 1.54) is 29.2 Å². The fourth-order valence-corrected chi connectivity index (χ4v) is 2.29. The molecule has 1 aromatic carbocycles. The van der Waals surface area contributed by atoms with Gasteiger partial charge in [-0.2, -0.15) is 13.2 Å². The molecule has 22 heavy (non-hydrogen) atoms. The summed E-state index contributed by atoms with van der Waals surface area (Å²) in [5.74, 6) is -1.52. The first-order valence-electron chi connectivity index (χ1n) is 6.61. The van der Waals surface area contributed by atoms with E-state index in [0.29, 0.717) is 19.4 Å². The molecule has 0 radical (unpaired) electrons. The van der Waals surface area contributed by atoms with Gasteiger partial charge in [-0.05, 0) is 37.1 Å². The number of carboxylic acids is 1. The van der Waals surface area contributed by atoms with Crippen LogP contribution in [-0.4, -0.2) is 47.3 Å². The van der Waals surface area contributed by atoms with E-state index in [9.17, 15) is 22.8 Å². The number of likely N-dealkylation sites (tertiary alicyclic amines) is 1. The Morgan fingerprint density at radius 1 is 1.27 bits per heavy atom. The summed E-state index contributed by atoms with van der Waals surface area (Å²) in [6.45, 7) is -1.06. The molecule has 1 aliphatic rings. The molecule has 0 aromatic heterocycles. The number of aliphatic carboxylic acids is 1. The third-order valence-electron chi connectivity index (χ3n) is 3.30. The SMILES string of the molecule is O=C(O)[C@@H]1CCCN1C(=O)c1ccc(OCC(F)(F)F)cc1. The van der Waals surface area contributed by atoms with Gasteiger partial charge in [-0.25, -0.2) is 4.79 Å². The molecule has 1 N–H and O–H groups in total. The number of amides is 1. The van der Waals surface area contributed by atoms with Crippen molar-refractivity contribution in [2.45, 2.75) is 25.1 Å². The maximum absolute atomic E-state index is 12.2. The Morgan fingerprint density at radius 2 is 1.91 bits per heavy atom. The van der Waals surface area contributed by atoms with Crippen LogP contribution in [0.25, 0.3) is 0 Å². The van der Waals surface area contributed by atoms with Gasteiger partial charge >= 0.3 is 12.1 Å². The standard InChI is InChI=1S/C14H14F3NO4/c15-14(16,17)8-22-10-5-3-9(4-6-10)12(19)18-7-1-2-11(18)13(20)21/h3-6,11H,1-2,7-8H2,(H,20,21)/t11-/m0/s1. The first-order chi connectivity index (χ1) is 10.3. The number of halogens is 3. The van der Waals surface area contributed by atoms with E-state index in [4.69, 9.17) is 5.11 Å². The van der Waals surface area contributed by atoms with Gasteiger partial charge in [-0.15, -0.1) is 0 Å². The Bertz CT molecular complexity index is 556. The average molecular weight is 317 g/mol. The Morgan fingerprint density at radius 3 is 2.45 bits per heavy atom. The molecule has 0 aliphatic carbocycles. The molecule has 0 saturated carbocycles. The fraction of sp³-hybridized carbons (Fsp3) is 0.429. The van der Waals surface area contributed by atoms with Crippen molar-refractivity contribution < 1.29 is 32.6 Å². The zero-order valence-electron chi connectivity index (χ0n) is 11.5. The van der Waals surface area contributed by atoms with E-state index in [1.54, 1.807) is 0 Å². The van der Waals surface area contributed by atoms with Crippen molar-refractivity contribution in [1.82, 2.24) is 4.90 Å². The van der Waals surface area contributed by atoms with Crippen LogP contribution < -0.4 is 4.74 Å². The van der Waals surface area contributed by atoms with E-state index >= 15 is 0 Å². The highest BCUT2D eigenvalue weighted by Crippen LogP contribution is 2.22. The summed E-state index contributed by atoms with van der Waals surface area (Å²) in [4.78, 5) is 24.6. The largest absolute Gasteiger partial charge is 0.484 e. The molecule has 8 heteroatoms. The number of carbonyl (C=O) groups excluding carboxylic acids is 1. The van der Waals surface area contributed by atoms with Gasteiger partial charge in [0.25, 0.3) is 5.91 Å². The number of carboxylic acid groups (broad SMARTS) is 1. The van der Waals surface area contributed by atoms with Crippen LogP contribution in [0.15, 0.2) is 24.3 Å². The lowest BCUT2D eigenvalue weighted by molar-refractivity contribution is -0.153. The molecule has 1 atom stereocenters. The van der Waals surface area contributed by atoms with Crippen LogP contribution in [-0.2, 0) is 4.79 Å². The van der Waals surface area contributed by atoms with Crippen LogP contribution in [0.4, 0.5) is 13.2 Å². The maximum atomic E-state index is 12.2. The lowest BCUT2D eigenvalue weighted by Gasteiger charge is -2.21. The highest BCUT2D eigenvalue weighted by Gasteiger charge is 2.34. The molecule has 5 nitrogen and oxygen atoms in total. The molecule has 1 aliphatic heterocycles. The summed E-state index contributed by atoms with van der Waals surface area (Å²) >= 11 is 0. The number of hydrogen-bond acceptors (Lipinski definition) is 3. The summed E-state index contributed by atoms with van der Waals surface area (Å²) in [6, 6.07) is 4.31. The van der Waals surface area contributed by atoms with E-state index < -0.39 is 30.7 Å². The summed E-state index contributed by atoms with van der Waals surface area (Å²) in [5.41, 5.74) is 0.215. The average Bonchev–Trinajstić information content (AvgIpc) is 2.94. The molecule has 1 aromatic rings. The highest BCUT2D eigenvalue weighted by atomic mass is 19.4. The third-order valence-corrected chi connectivity index (χ3v) is 3.30. The zero-order chi connectivity index (χ0) is 16.3. The summed E-state index contributed by atoms with van der Waals surface area (Å²) in [5, 5.41) is 9.05. The van der Waals surface area contributed by atoms with Crippen molar-refractivity contribution in [3.05, 3.63) is 29.8 Å². The van der Waals surface area contributed by atoms with Gasteiger partial charge in [0, 0.05) is 12.1 Å². The maximum Gasteiger partial charge on any atom is 0.422 e. The Labute approximate surface area is 124 Å². The molecule has 1 saturated heterocycles. The predicted octanol–water partition coefficient (Wildman–Crippen LogP) is 2.32. The number of carbonyl (C=O) groups is 2. The predicted molar refractivity (Wildman–Crippen MR) is 69.7 cm³/mol. The second-order valence-electron chi connectivity index (χ2n) is 4.92. The fourth-order valence-electron chi connectivity index (χ4n) is 2.29. The second kappa shape index (κ2) is 6.25. The quantitative estimate of drug-likeness (QED) is 0.925. The normalized spacial score (nSPS) is 18.3. The van der Waals surface area contributed by atoms with Crippen molar-refractivity contribution in [3.8, 4) is 5.75 Å². The number of rotatable bonds is 4. The van der Waals surface area contributed by atoms with Crippen LogP contribution >= 0.6 is 0 Å². The van der Waals surface area contributed by atoms with Crippen LogP contribution in [0, 0.1) is 0 Å². The minimum absolute atomic E-state index is 0.00918. The van der Waals surface area contributed by atoms with Gasteiger partial charge in [0.05, 0.1) is 0 Å². The number of hydrogen-bond donors (Lipinski definition) is 1. The van der Waals surface area contributed by atoms with Crippen LogP contribution in [0.3, 0.4) is 0 Å². The molecule has 2 rings (SSSR count).